The van der Waals surface area contributed by atoms with Gasteiger partial charge in [-0.2, -0.15) is 0 Å². The van der Waals surface area contributed by atoms with Crippen molar-refractivity contribution in [3.8, 4) is 0 Å². The molecule has 0 radical (unpaired) electrons. The third kappa shape index (κ3) is 6.32. The summed E-state index contributed by atoms with van der Waals surface area (Å²) in [5.41, 5.74) is 1.43. The molecule has 0 aromatic heterocycles. The molecule has 1 aliphatic rings. The number of hydrogen-bond acceptors (Lipinski definition) is 5. The molecule has 0 unspecified atom stereocenters. The van der Waals surface area contributed by atoms with Gasteiger partial charge in [0, 0.05) is 24.5 Å². The second kappa shape index (κ2) is 12.4. The summed E-state index contributed by atoms with van der Waals surface area (Å²) < 4.78 is 26.9. The number of fused-ring (bicyclic) bond motifs is 1. The van der Waals surface area contributed by atoms with Crippen LogP contribution in [0.3, 0.4) is 0 Å². The smallest absolute Gasteiger partial charge is 0.269 e. The van der Waals surface area contributed by atoms with Gasteiger partial charge in [0.2, 0.25) is 11.8 Å². The van der Waals surface area contributed by atoms with Gasteiger partial charge in [-0.3, -0.25) is 14.4 Å². The highest BCUT2D eigenvalue weighted by Gasteiger charge is 2.43. The molecule has 3 amide bonds. The predicted octanol–water partition coefficient (Wildman–Crippen LogP) is 4.04. The van der Waals surface area contributed by atoms with E-state index in [1.165, 1.54) is 23.1 Å². The molecule has 3 aromatic carbocycles. The lowest BCUT2D eigenvalue weighted by atomic mass is 10.0. The molecule has 0 fully saturated rings. The monoisotopic (exact) mass is 567 g/mol. The van der Waals surface area contributed by atoms with Crippen LogP contribution in [0.15, 0.2) is 83.8 Å². The van der Waals surface area contributed by atoms with Crippen molar-refractivity contribution in [2.75, 3.05) is 13.1 Å². The lowest BCUT2D eigenvalue weighted by Crippen LogP contribution is -2.53. The molecule has 39 heavy (non-hydrogen) atoms. The van der Waals surface area contributed by atoms with Crippen LogP contribution in [0, 0.1) is 0 Å². The first kappa shape index (κ1) is 28.3. The van der Waals surface area contributed by atoms with Crippen molar-refractivity contribution in [1.82, 2.24) is 14.5 Å². The molecule has 1 heterocycles. The molecule has 1 aliphatic heterocycles. The Morgan fingerprint density at radius 1 is 0.974 bits per heavy atom. The predicted molar refractivity (Wildman–Crippen MR) is 149 cm³/mol. The molecule has 1 atom stereocenters. The minimum Gasteiger partial charge on any atom is -0.354 e. The summed E-state index contributed by atoms with van der Waals surface area (Å²) in [6.07, 6.45) is 1.83. The molecule has 8 nitrogen and oxygen atoms in total. The van der Waals surface area contributed by atoms with Crippen LogP contribution in [0.1, 0.15) is 41.3 Å². The Labute approximate surface area is 233 Å². The maximum Gasteiger partial charge on any atom is 0.269 e. The number of carbonyl (C=O) groups is 3. The van der Waals surface area contributed by atoms with Gasteiger partial charge in [-0.15, -0.1) is 0 Å². The zero-order valence-corrected chi connectivity index (χ0v) is 23.1. The van der Waals surface area contributed by atoms with E-state index in [-0.39, 0.29) is 29.3 Å². The highest BCUT2D eigenvalue weighted by Crippen LogP contribution is 2.30. The van der Waals surface area contributed by atoms with E-state index < -0.39 is 34.4 Å². The van der Waals surface area contributed by atoms with Crippen molar-refractivity contribution >= 4 is 39.3 Å². The fraction of sp³-hybridized carbons (Fsp3) is 0.276. The summed E-state index contributed by atoms with van der Waals surface area (Å²) in [5, 5.41) is 3.31. The third-order valence-electron chi connectivity index (χ3n) is 6.59. The average molecular weight is 568 g/mol. The van der Waals surface area contributed by atoms with Crippen molar-refractivity contribution in [2.45, 2.75) is 43.7 Å². The summed E-state index contributed by atoms with van der Waals surface area (Å²) >= 11 is 6.42. The van der Waals surface area contributed by atoms with E-state index in [9.17, 15) is 22.8 Å². The number of halogens is 1. The molecule has 3 aromatic rings. The highest BCUT2D eigenvalue weighted by molar-refractivity contribution is 7.90. The van der Waals surface area contributed by atoms with Crippen molar-refractivity contribution in [1.29, 1.82) is 0 Å². The van der Waals surface area contributed by atoms with Gasteiger partial charge in [0.15, 0.2) is 0 Å². The quantitative estimate of drug-likeness (QED) is 0.352. The standard InChI is InChI=1S/C29H30ClN3O5S/c1-2-3-17-31-28(35)25(18-21-11-5-4-6-12-21)32(19-22-13-7-9-15-24(22)30)27(34)20-33-29(36)23-14-8-10-16-26(23)39(33,37)38/h4-16,25H,2-3,17-20H2,1H3,(H,31,35)/t25-/m0/s1. The van der Waals surface area contributed by atoms with E-state index >= 15 is 0 Å². The second-order valence-electron chi connectivity index (χ2n) is 9.28. The van der Waals surface area contributed by atoms with Gasteiger partial charge < -0.3 is 10.2 Å². The number of sulfonamides is 1. The zero-order valence-electron chi connectivity index (χ0n) is 21.5. The van der Waals surface area contributed by atoms with Gasteiger partial charge >= 0.3 is 0 Å². The molecule has 204 valence electrons. The number of benzene rings is 3. The first-order valence-electron chi connectivity index (χ1n) is 12.7. The first-order valence-corrected chi connectivity index (χ1v) is 14.6. The Bertz CT molecular complexity index is 1460. The zero-order chi connectivity index (χ0) is 28.0. The molecular formula is C29H30ClN3O5S. The first-order chi connectivity index (χ1) is 18.7. The summed E-state index contributed by atoms with van der Waals surface area (Å²) in [6, 6.07) is 21.1. The van der Waals surface area contributed by atoms with Crippen LogP contribution < -0.4 is 5.32 Å². The topological polar surface area (TPSA) is 104 Å². The van der Waals surface area contributed by atoms with Crippen LogP contribution in [-0.4, -0.2) is 54.5 Å². The van der Waals surface area contributed by atoms with Crippen LogP contribution in [0.5, 0.6) is 0 Å². The molecule has 4 rings (SSSR count). The lowest BCUT2D eigenvalue weighted by molar-refractivity contribution is -0.141. The Morgan fingerprint density at radius 2 is 1.64 bits per heavy atom. The summed E-state index contributed by atoms with van der Waals surface area (Å²) in [7, 11) is -4.22. The van der Waals surface area contributed by atoms with Gasteiger partial charge in [0.1, 0.15) is 17.5 Å². The van der Waals surface area contributed by atoms with E-state index in [2.05, 4.69) is 5.32 Å². The van der Waals surface area contributed by atoms with Crippen molar-refractivity contribution in [3.63, 3.8) is 0 Å². The number of nitrogens with zero attached hydrogens (tertiary/aromatic N) is 2. The molecule has 0 aliphatic carbocycles. The Balaban J connectivity index is 1.70. The minimum absolute atomic E-state index is 0.0149. The highest BCUT2D eigenvalue weighted by atomic mass is 35.5. The summed E-state index contributed by atoms with van der Waals surface area (Å²) in [4.78, 5) is 41.6. The van der Waals surface area contributed by atoms with Crippen LogP contribution >= 0.6 is 11.6 Å². The van der Waals surface area contributed by atoms with Gasteiger partial charge in [0.05, 0.1) is 5.56 Å². The van der Waals surface area contributed by atoms with Crippen LogP contribution in [0.25, 0.3) is 0 Å². The Kier molecular flexibility index (Phi) is 9.04. The fourth-order valence-electron chi connectivity index (χ4n) is 4.47. The summed E-state index contributed by atoms with van der Waals surface area (Å²) in [6.45, 7) is 1.65. The molecular weight excluding hydrogens is 538 g/mol. The molecule has 0 saturated heterocycles. The van der Waals surface area contributed by atoms with Crippen molar-refractivity contribution < 1.29 is 22.8 Å². The molecule has 0 spiro atoms. The van der Waals surface area contributed by atoms with Crippen molar-refractivity contribution in [3.05, 3.63) is 101 Å². The minimum atomic E-state index is -4.22. The fourth-order valence-corrected chi connectivity index (χ4v) is 6.18. The number of rotatable bonds is 11. The normalized spacial score (nSPS) is 14.5. The van der Waals surface area contributed by atoms with Gasteiger partial charge in [0.25, 0.3) is 15.9 Å². The van der Waals surface area contributed by atoms with Gasteiger partial charge in [-0.1, -0.05) is 85.6 Å². The Morgan fingerprint density at radius 3 is 2.33 bits per heavy atom. The van der Waals surface area contributed by atoms with E-state index in [0.717, 1.165) is 18.4 Å². The average Bonchev–Trinajstić information content (AvgIpc) is 3.12. The van der Waals surface area contributed by atoms with E-state index in [1.54, 1.807) is 30.3 Å². The van der Waals surface area contributed by atoms with Crippen LogP contribution in [0.4, 0.5) is 0 Å². The number of carbonyl (C=O) groups excluding carboxylic acids is 3. The van der Waals surface area contributed by atoms with E-state index in [4.69, 9.17) is 11.6 Å². The van der Waals surface area contributed by atoms with E-state index in [1.807, 2.05) is 37.3 Å². The summed E-state index contributed by atoms with van der Waals surface area (Å²) in [5.74, 6) is -1.83. The maximum absolute atomic E-state index is 13.9. The largest absolute Gasteiger partial charge is 0.354 e. The van der Waals surface area contributed by atoms with Crippen molar-refractivity contribution in [2.24, 2.45) is 0 Å². The molecule has 0 saturated carbocycles. The van der Waals surface area contributed by atoms with Gasteiger partial charge in [-0.05, 0) is 35.7 Å². The third-order valence-corrected chi connectivity index (χ3v) is 8.75. The Hall–Kier alpha value is -3.69. The number of amides is 3. The molecule has 10 heteroatoms. The number of nitrogens with one attached hydrogen (secondary N) is 1. The van der Waals surface area contributed by atoms with Crippen LogP contribution in [-0.2, 0) is 32.6 Å². The second-order valence-corrected chi connectivity index (χ2v) is 11.5. The van der Waals surface area contributed by atoms with Crippen LogP contribution in [0.2, 0.25) is 5.02 Å². The van der Waals surface area contributed by atoms with E-state index in [0.29, 0.717) is 21.4 Å². The lowest BCUT2D eigenvalue weighted by Gasteiger charge is -2.32. The molecule has 1 N–H and O–H groups in total. The SMILES string of the molecule is CCCCNC(=O)[C@H](Cc1ccccc1)N(Cc1ccccc1Cl)C(=O)CN1C(=O)c2ccccc2S1(=O)=O. The van der Waals surface area contributed by atoms with Gasteiger partial charge in [-0.25, -0.2) is 12.7 Å². The number of hydrogen-bond donors (Lipinski definition) is 1. The number of unbranched alkanes of at least 4 members (excludes halogenated alkanes) is 1. The maximum atomic E-state index is 13.9. The molecule has 0 bridgehead atoms.